The van der Waals surface area contributed by atoms with Gasteiger partial charge in [-0.15, -0.1) is 10.2 Å². The molecule has 16 heavy (non-hydrogen) atoms. The first-order valence-electron chi connectivity index (χ1n) is 5.24. The van der Waals surface area contributed by atoms with Gasteiger partial charge in [0, 0.05) is 12.7 Å². The quantitative estimate of drug-likeness (QED) is 0.741. The summed E-state index contributed by atoms with van der Waals surface area (Å²) in [6, 6.07) is 1.99. The molecule has 7 nitrogen and oxygen atoms in total. The van der Waals surface area contributed by atoms with Crippen LogP contribution < -0.4 is 5.32 Å². The van der Waals surface area contributed by atoms with Crippen LogP contribution in [0, 0.1) is 0 Å². The zero-order chi connectivity index (χ0) is 11.4. The van der Waals surface area contributed by atoms with Gasteiger partial charge in [-0.25, -0.2) is 0 Å². The minimum atomic E-state index is 0.557. The molecule has 0 aromatic carbocycles. The summed E-state index contributed by atoms with van der Waals surface area (Å²) in [6.07, 6.45) is 1.78. The van der Waals surface area contributed by atoms with Gasteiger partial charge >= 0.3 is 0 Å². The van der Waals surface area contributed by atoms with Crippen LogP contribution >= 0.6 is 0 Å². The van der Waals surface area contributed by atoms with Crippen LogP contribution in [-0.2, 0) is 20.1 Å². The number of aryl methyl sites for hydroxylation is 1. The Morgan fingerprint density at radius 3 is 3.00 bits per heavy atom. The third kappa shape index (κ3) is 2.43. The number of aromatic nitrogens is 6. The summed E-state index contributed by atoms with van der Waals surface area (Å²) in [4.78, 5) is 1.45. The number of nitrogens with one attached hydrogen (secondary N) is 1. The molecule has 2 aromatic heterocycles. The maximum absolute atomic E-state index is 4.23. The Labute approximate surface area is 93.5 Å². The van der Waals surface area contributed by atoms with E-state index in [-0.39, 0.29) is 0 Å². The summed E-state index contributed by atoms with van der Waals surface area (Å²) in [7, 11) is 1.75. The van der Waals surface area contributed by atoms with Crippen molar-refractivity contribution in [3.05, 3.63) is 23.8 Å². The van der Waals surface area contributed by atoms with Gasteiger partial charge < -0.3 is 5.32 Å². The molecule has 2 heterocycles. The zero-order valence-corrected chi connectivity index (χ0v) is 9.46. The highest BCUT2D eigenvalue weighted by Crippen LogP contribution is 2.00. The second kappa shape index (κ2) is 4.84. The monoisotopic (exact) mass is 221 g/mol. The fourth-order valence-corrected chi connectivity index (χ4v) is 1.43. The first-order valence-corrected chi connectivity index (χ1v) is 5.24. The molecule has 0 fully saturated rings. The van der Waals surface area contributed by atoms with Crippen LogP contribution in [0.15, 0.2) is 12.3 Å². The van der Waals surface area contributed by atoms with E-state index in [0.717, 1.165) is 18.8 Å². The zero-order valence-electron chi connectivity index (χ0n) is 9.46. The Morgan fingerprint density at radius 2 is 2.31 bits per heavy atom. The lowest BCUT2D eigenvalue weighted by atomic mass is 10.4. The molecule has 0 saturated carbocycles. The molecular weight excluding hydrogens is 206 g/mol. The molecule has 0 atom stereocenters. The standard InChI is InChI=1S/C9H15N7/c1-3-10-6-8-4-5-11-16(8)7-9-12-14-15(2)13-9/h4-5,10H,3,6-7H2,1-2H3. The molecule has 7 heteroatoms. The fourth-order valence-electron chi connectivity index (χ4n) is 1.43. The Kier molecular flexibility index (Phi) is 3.25. The maximum atomic E-state index is 4.23. The fraction of sp³-hybridized carbons (Fsp3) is 0.556. The summed E-state index contributed by atoms with van der Waals surface area (Å²) in [5.41, 5.74) is 1.12. The third-order valence-electron chi connectivity index (χ3n) is 2.20. The topological polar surface area (TPSA) is 73.5 Å². The molecule has 0 bridgehead atoms. The molecule has 0 aliphatic carbocycles. The predicted molar refractivity (Wildman–Crippen MR) is 57.5 cm³/mol. The van der Waals surface area contributed by atoms with E-state index in [1.165, 1.54) is 4.80 Å². The van der Waals surface area contributed by atoms with Crippen LogP contribution in [0.2, 0.25) is 0 Å². The first-order chi connectivity index (χ1) is 7.79. The smallest absolute Gasteiger partial charge is 0.196 e. The molecule has 0 amide bonds. The summed E-state index contributed by atoms with van der Waals surface area (Å²) < 4.78 is 1.87. The van der Waals surface area contributed by atoms with Crippen molar-refractivity contribution in [2.75, 3.05) is 6.54 Å². The largest absolute Gasteiger partial charge is 0.311 e. The normalized spacial score (nSPS) is 10.9. The summed E-state index contributed by atoms with van der Waals surface area (Å²) in [5, 5.41) is 19.3. The molecule has 86 valence electrons. The van der Waals surface area contributed by atoms with Crippen molar-refractivity contribution in [3.8, 4) is 0 Å². The number of hydrogen-bond acceptors (Lipinski definition) is 5. The maximum Gasteiger partial charge on any atom is 0.196 e. The van der Waals surface area contributed by atoms with Crippen LogP contribution in [0.5, 0.6) is 0 Å². The van der Waals surface area contributed by atoms with Crippen molar-refractivity contribution in [3.63, 3.8) is 0 Å². The summed E-state index contributed by atoms with van der Waals surface area (Å²) >= 11 is 0. The van der Waals surface area contributed by atoms with Crippen molar-refractivity contribution in [2.24, 2.45) is 7.05 Å². The second-order valence-corrected chi connectivity index (χ2v) is 3.46. The highest BCUT2D eigenvalue weighted by atomic mass is 15.6. The number of hydrogen-bond donors (Lipinski definition) is 1. The molecule has 2 aromatic rings. The Bertz CT molecular complexity index is 444. The summed E-state index contributed by atoms with van der Waals surface area (Å²) in [6.45, 7) is 4.37. The third-order valence-corrected chi connectivity index (χ3v) is 2.20. The molecule has 0 spiro atoms. The van der Waals surface area contributed by atoms with E-state index in [1.54, 1.807) is 13.2 Å². The number of tetrazole rings is 1. The van der Waals surface area contributed by atoms with Gasteiger partial charge in [-0.2, -0.15) is 9.90 Å². The van der Waals surface area contributed by atoms with Gasteiger partial charge in [0.25, 0.3) is 0 Å². The van der Waals surface area contributed by atoms with Gasteiger partial charge in [0.1, 0.15) is 6.54 Å². The van der Waals surface area contributed by atoms with Crippen molar-refractivity contribution in [2.45, 2.75) is 20.0 Å². The van der Waals surface area contributed by atoms with E-state index in [2.05, 4.69) is 32.7 Å². The molecule has 0 radical (unpaired) electrons. The average molecular weight is 221 g/mol. The molecule has 1 N–H and O–H groups in total. The van der Waals surface area contributed by atoms with Crippen molar-refractivity contribution < 1.29 is 0 Å². The highest BCUT2D eigenvalue weighted by molar-refractivity contribution is 5.01. The molecule has 0 saturated heterocycles. The Balaban J connectivity index is 2.06. The lowest BCUT2D eigenvalue weighted by molar-refractivity contribution is 0.584. The van der Waals surface area contributed by atoms with Crippen molar-refractivity contribution in [1.29, 1.82) is 0 Å². The first kappa shape index (κ1) is 10.7. The molecular formula is C9H15N7. The van der Waals surface area contributed by atoms with Gasteiger partial charge in [-0.1, -0.05) is 6.92 Å². The highest BCUT2D eigenvalue weighted by Gasteiger charge is 2.06. The molecule has 2 rings (SSSR count). The molecule has 0 unspecified atom stereocenters. The van der Waals surface area contributed by atoms with Crippen LogP contribution in [-0.4, -0.2) is 36.5 Å². The predicted octanol–water partition coefficient (Wildman–Crippen LogP) is -0.436. The van der Waals surface area contributed by atoms with Gasteiger partial charge in [0.15, 0.2) is 5.82 Å². The Hall–Kier alpha value is -1.76. The van der Waals surface area contributed by atoms with Gasteiger partial charge in [0.05, 0.1) is 12.7 Å². The molecule has 0 aliphatic heterocycles. The van der Waals surface area contributed by atoms with E-state index in [4.69, 9.17) is 0 Å². The number of nitrogens with zero attached hydrogens (tertiary/aromatic N) is 6. The lowest BCUT2D eigenvalue weighted by Gasteiger charge is -2.04. The summed E-state index contributed by atoms with van der Waals surface area (Å²) in [5.74, 6) is 0.670. The van der Waals surface area contributed by atoms with Crippen molar-refractivity contribution >= 4 is 0 Å². The molecule has 0 aliphatic rings. The van der Waals surface area contributed by atoms with Crippen LogP contribution in [0.25, 0.3) is 0 Å². The van der Waals surface area contributed by atoms with Gasteiger partial charge in [-0.3, -0.25) is 4.68 Å². The minimum Gasteiger partial charge on any atom is -0.311 e. The van der Waals surface area contributed by atoms with E-state index in [1.807, 2.05) is 10.7 Å². The van der Waals surface area contributed by atoms with E-state index < -0.39 is 0 Å². The lowest BCUT2D eigenvalue weighted by Crippen LogP contribution is -2.17. The van der Waals surface area contributed by atoms with Crippen LogP contribution in [0.3, 0.4) is 0 Å². The van der Waals surface area contributed by atoms with E-state index in [9.17, 15) is 0 Å². The minimum absolute atomic E-state index is 0.557. The van der Waals surface area contributed by atoms with Gasteiger partial charge in [-0.05, 0) is 17.8 Å². The Morgan fingerprint density at radius 1 is 1.44 bits per heavy atom. The van der Waals surface area contributed by atoms with Gasteiger partial charge in [0.2, 0.25) is 0 Å². The SMILES string of the molecule is CCNCc1ccnn1Cc1nnn(C)n1. The van der Waals surface area contributed by atoms with Crippen LogP contribution in [0.4, 0.5) is 0 Å². The number of rotatable bonds is 5. The van der Waals surface area contributed by atoms with E-state index in [0.29, 0.717) is 12.4 Å². The van der Waals surface area contributed by atoms with E-state index >= 15 is 0 Å². The second-order valence-electron chi connectivity index (χ2n) is 3.46. The van der Waals surface area contributed by atoms with Crippen LogP contribution in [0.1, 0.15) is 18.4 Å². The average Bonchev–Trinajstić information content (AvgIpc) is 2.86. The van der Waals surface area contributed by atoms with Crippen molar-refractivity contribution in [1.82, 2.24) is 35.3 Å².